The maximum atomic E-state index is 11.8. The van der Waals surface area contributed by atoms with E-state index in [1.165, 1.54) is 6.92 Å². The molecule has 8 nitrogen and oxygen atoms in total. The van der Waals surface area contributed by atoms with Gasteiger partial charge in [-0.1, -0.05) is 6.92 Å². The Morgan fingerprint density at radius 3 is 2.26 bits per heavy atom. The molecule has 1 N–H and O–H groups in total. The van der Waals surface area contributed by atoms with Crippen molar-refractivity contribution in [3.05, 3.63) is 0 Å². The molecule has 0 atom stereocenters. The number of nitrogens with one attached hydrogen (secondary N) is 1. The summed E-state index contributed by atoms with van der Waals surface area (Å²) in [6.45, 7) is 6.02. The SMILES string of the molecule is CCOC(=O)CN(CC)S(=O)(=O)NC(=O)OC(C)C. The Balaban J connectivity index is 4.66. The Bertz CT molecular complexity index is 406. The van der Waals surface area contributed by atoms with Gasteiger partial charge in [0.1, 0.15) is 6.54 Å². The zero-order valence-electron chi connectivity index (χ0n) is 11.5. The number of rotatable bonds is 7. The molecule has 0 spiro atoms. The molecule has 0 unspecified atom stereocenters. The molecule has 0 rings (SSSR count). The lowest BCUT2D eigenvalue weighted by Gasteiger charge is -2.19. The van der Waals surface area contributed by atoms with Crippen molar-refractivity contribution in [3.63, 3.8) is 0 Å². The molecule has 0 fully saturated rings. The summed E-state index contributed by atoms with van der Waals surface area (Å²) in [5.41, 5.74) is 0. The lowest BCUT2D eigenvalue weighted by molar-refractivity contribution is -0.143. The number of esters is 1. The van der Waals surface area contributed by atoms with Crippen LogP contribution in [0.2, 0.25) is 0 Å². The van der Waals surface area contributed by atoms with Gasteiger partial charge >= 0.3 is 22.3 Å². The molecule has 0 saturated heterocycles. The van der Waals surface area contributed by atoms with Gasteiger partial charge in [0, 0.05) is 6.54 Å². The van der Waals surface area contributed by atoms with Gasteiger partial charge in [-0.15, -0.1) is 0 Å². The molecule has 112 valence electrons. The van der Waals surface area contributed by atoms with E-state index in [2.05, 4.69) is 9.47 Å². The number of hydrogen-bond acceptors (Lipinski definition) is 6. The summed E-state index contributed by atoms with van der Waals surface area (Å²) in [6, 6.07) is 0. The van der Waals surface area contributed by atoms with Crippen LogP contribution in [0.25, 0.3) is 0 Å². The molecule has 0 radical (unpaired) electrons. The number of carbonyl (C=O) groups is 2. The Kier molecular flexibility index (Phi) is 7.38. The van der Waals surface area contributed by atoms with Gasteiger partial charge in [-0.2, -0.15) is 12.7 Å². The highest BCUT2D eigenvalue weighted by molar-refractivity contribution is 7.87. The maximum absolute atomic E-state index is 11.8. The Morgan fingerprint density at radius 2 is 1.84 bits per heavy atom. The predicted octanol–water partition coefficient (Wildman–Crippen LogP) is 0.251. The van der Waals surface area contributed by atoms with Crippen molar-refractivity contribution in [2.75, 3.05) is 19.7 Å². The van der Waals surface area contributed by atoms with Crippen molar-refractivity contribution < 1.29 is 27.5 Å². The van der Waals surface area contributed by atoms with Crippen LogP contribution in [0.4, 0.5) is 4.79 Å². The minimum Gasteiger partial charge on any atom is -0.465 e. The number of amides is 1. The third kappa shape index (κ3) is 6.97. The van der Waals surface area contributed by atoms with Gasteiger partial charge in [-0.3, -0.25) is 4.79 Å². The molecule has 0 aliphatic heterocycles. The number of carbonyl (C=O) groups excluding carboxylic acids is 2. The van der Waals surface area contributed by atoms with Crippen molar-refractivity contribution in [2.24, 2.45) is 0 Å². The fourth-order valence-electron chi connectivity index (χ4n) is 1.13. The van der Waals surface area contributed by atoms with E-state index in [0.29, 0.717) is 0 Å². The summed E-state index contributed by atoms with van der Waals surface area (Å²) >= 11 is 0. The van der Waals surface area contributed by atoms with Crippen LogP contribution in [0.5, 0.6) is 0 Å². The lowest BCUT2D eigenvalue weighted by atomic mass is 10.5. The topological polar surface area (TPSA) is 102 Å². The van der Waals surface area contributed by atoms with E-state index < -0.39 is 34.9 Å². The first kappa shape index (κ1) is 17.6. The van der Waals surface area contributed by atoms with E-state index >= 15 is 0 Å². The molecule has 9 heteroatoms. The van der Waals surface area contributed by atoms with E-state index in [4.69, 9.17) is 0 Å². The molecule has 0 aliphatic carbocycles. The largest absolute Gasteiger partial charge is 0.465 e. The van der Waals surface area contributed by atoms with Crippen LogP contribution in [-0.4, -0.2) is 50.6 Å². The number of ether oxygens (including phenoxy) is 2. The third-order valence-electron chi connectivity index (χ3n) is 1.86. The molecule has 0 bridgehead atoms. The molecule has 0 saturated carbocycles. The van der Waals surface area contributed by atoms with E-state index in [9.17, 15) is 18.0 Å². The monoisotopic (exact) mass is 296 g/mol. The second kappa shape index (κ2) is 7.95. The van der Waals surface area contributed by atoms with Gasteiger partial charge < -0.3 is 9.47 Å². The van der Waals surface area contributed by atoms with Gasteiger partial charge in [-0.05, 0) is 20.8 Å². The van der Waals surface area contributed by atoms with Crippen molar-refractivity contribution in [1.29, 1.82) is 0 Å². The van der Waals surface area contributed by atoms with Crippen LogP contribution in [0.1, 0.15) is 27.7 Å². The second-order valence-electron chi connectivity index (χ2n) is 3.79. The number of likely N-dealkylation sites (N-methyl/N-ethyl adjacent to an activating group) is 1. The summed E-state index contributed by atoms with van der Waals surface area (Å²) in [7, 11) is -4.12. The van der Waals surface area contributed by atoms with Gasteiger partial charge in [0.05, 0.1) is 12.7 Å². The summed E-state index contributed by atoms with van der Waals surface area (Å²) < 4.78 is 35.4. The summed E-state index contributed by atoms with van der Waals surface area (Å²) in [5.74, 6) is -0.688. The maximum Gasteiger partial charge on any atom is 0.422 e. The molecule has 19 heavy (non-hydrogen) atoms. The highest BCUT2D eigenvalue weighted by atomic mass is 32.2. The highest BCUT2D eigenvalue weighted by Gasteiger charge is 2.26. The van der Waals surface area contributed by atoms with Crippen molar-refractivity contribution in [3.8, 4) is 0 Å². The average molecular weight is 296 g/mol. The third-order valence-corrected chi connectivity index (χ3v) is 3.35. The van der Waals surface area contributed by atoms with E-state index in [1.807, 2.05) is 0 Å². The fraction of sp³-hybridized carbons (Fsp3) is 0.800. The summed E-state index contributed by atoms with van der Waals surface area (Å²) in [5, 5.41) is 0. The van der Waals surface area contributed by atoms with E-state index in [1.54, 1.807) is 25.5 Å². The molecular formula is C10H20N2O6S. The first-order valence-corrected chi connectivity index (χ1v) is 7.31. The number of nitrogens with zero attached hydrogens (tertiary/aromatic N) is 1. The summed E-state index contributed by atoms with van der Waals surface area (Å²) in [4.78, 5) is 22.5. The van der Waals surface area contributed by atoms with Gasteiger partial charge in [0.25, 0.3) is 0 Å². The first-order chi connectivity index (χ1) is 8.72. The minimum atomic E-state index is -4.12. The zero-order valence-corrected chi connectivity index (χ0v) is 12.3. The Morgan fingerprint density at radius 1 is 1.26 bits per heavy atom. The van der Waals surface area contributed by atoms with Gasteiger partial charge in [0.2, 0.25) is 0 Å². The zero-order chi connectivity index (χ0) is 15.1. The van der Waals surface area contributed by atoms with Crippen molar-refractivity contribution in [2.45, 2.75) is 33.8 Å². The van der Waals surface area contributed by atoms with Crippen LogP contribution < -0.4 is 4.72 Å². The molecular weight excluding hydrogens is 276 g/mol. The molecule has 0 aliphatic rings. The second-order valence-corrected chi connectivity index (χ2v) is 5.46. The van der Waals surface area contributed by atoms with Crippen LogP contribution in [0.3, 0.4) is 0 Å². The van der Waals surface area contributed by atoms with Gasteiger partial charge in [0.15, 0.2) is 0 Å². The molecule has 0 aromatic carbocycles. The van der Waals surface area contributed by atoms with Crippen molar-refractivity contribution in [1.82, 2.24) is 9.03 Å². The molecule has 0 aromatic heterocycles. The first-order valence-electron chi connectivity index (χ1n) is 5.87. The van der Waals surface area contributed by atoms with Crippen LogP contribution in [0, 0.1) is 0 Å². The summed E-state index contributed by atoms with van der Waals surface area (Å²) in [6.07, 6.45) is -1.53. The Hall–Kier alpha value is -1.35. The van der Waals surface area contributed by atoms with Crippen LogP contribution in [0.15, 0.2) is 0 Å². The normalized spacial score (nSPS) is 11.5. The Labute approximate surface area is 113 Å². The van der Waals surface area contributed by atoms with E-state index in [0.717, 1.165) is 4.31 Å². The molecule has 0 aromatic rings. The fourth-order valence-corrected chi connectivity index (χ4v) is 2.13. The quantitative estimate of drug-likeness (QED) is 0.676. The number of hydrogen-bond donors (Lipinski definition) is 1. The molecule has 0 heterocycles. The van der Waals surface area contributed by atoms with Crippen LogP contribution in [-0.2, 0) is 24.5 Å². The van der Waals surface area contributed by atoms with Gasteiger partial charge in [-0.25, -0.2) is 9.52 Å². The lowest BCUT2D eigenvalue weighted by Crippen LogP contribution is -2.46. The molecule has 1 amide bonds. The standard InChI is InChI=1S/C10H20N2O6S/c1-5-12(7-9(13)17-6-2)19(15,16)11-10(14)18-8(3)4/h8H,5-7H2,1-4H3,(H,11,14). The predicted molar refractivity (Wildman–Crippen MR) is 67.6 cm³/mol. The van der Waals surface area contributed by atoms with Crippen LogP contribution >= 0.6 is 0 Å². The minimum absolute atomic E-state index is 0.0170. The highest BCUT2D eigenvalue weighted by Crippen LogP contribution is 2.00. The smallest absolute Gasteiger partial charge is 0.422 e. The average Bonchev–Trinajstić information content (AvgIpc) is 2.23. The van der Waals surface area contributed by atoms with E-state index in [-0.39, 0.29) is 13.2 Å². The van der Waals surface area contributed by atoms with Crippen molar-refractivity contribution >= 4 is 22.3 Å².